The Hall–Kier alpha value is -3.98. The molecule has 0 spiro atoms. The molecule has 0 atom stereocenters. The minimum absolute atomic E-state index is 0.0529. The summed E-state index contributed by atoms with van der Waals surface area (Å²) in [7, 11) is 0. The third-order valence-electron chi connectivity index (χ3n) is 6.32. The molecule has 0 amide bonds. The van der Waals surface area contributed by atoms with Gasteiger partial charge in [-0.15, -0.1) is 11.3 Å². The molecular weight excluding hydrogens is 525 g/mol. The number of thiazole rings is 1. The number of aromatic carboxylic acids is 1. The smallest absolute Gasteiger partial charge is 0.416 e. The average molecular weight is 553 g/mol. The van der Waals surface area contributed by atoms with E-state index in [1.807, 2.05) is 45.9 Å². The Balaban J connectivity index is 1.99. The molecule has 0 fully saturated rings. The first kappa shape index (κ1) is 28.0. The van der Waals surface area contributed by atoms with Crippen LogP contribution in [-0.4, -0.2) is 20.6 Å². The van der Waals surface area contributed by atoms with Gasteiger partial charge in [0, 0.05) is 10.9 Å². The fraction of sp³-hybridized carbons (Fsp3) is 0.233. The SMILES string of the molecule is CCc1cccc(CC)c1-n1c(C=C(C)C)c(C(=O)O)cc(-c2csc(-c3ccc(C(F)(F)F)cc3)n2)c1=O. The molecule has 0 bridgehead atoms. The number of pyridine rings is 1. The summed E-state index contributed by atoms with van der Waals surface area (Å²) in [6.45, 7) is 7.61. The van der Waals surface area contributed by atoms with Crippen molar-refractivity contribution in [1.29, 1.82) is 0 Å². The lowest BCUT2D eigenvalue weighted by molar-refractivity contribution is -0.137. The van der Waals surface area contributed by atoms with Crippen molar-refractivity contribution >= 4 is 23.4 Å². The van der Waals surface area contributed by atoms with E-state index in [1.54, 1.807) is 11.5 Å². The molecule has 0 radical (unpaired) electrons. The van der Waals surface area contributed by atoms with Gasteiger partial charge in [-0.3, -0.25) is 9.36 Å². The van der Waals surface area contributed by atoms with Crippen molar-refractivity contribution in [3.8, 4) is 27.5 Å². The summed E-state index contributed by atoms with van der Waals surface area (Å²) in [5.74, 6) is -1.19. The zero-order valence-electron chi connectivity index (χ0n) is 21.9. The minimum Gasteiger partial charge on any atom is -0.478 e. The fourth-order valence-corrected chi connectivity index (χ4v) is 5.28. The summed E-state index contributed by atoms with van der Waals surface area (Å²) in [4.78, 5) is 31.2. The van der Waals surface area contributed by atoms with Gasteiger partial charge in [-0.25, -0.2) is 9.78 Å². The number of hydrogen-bond acceptors (Lipinski definition) is 4. The van der Waals surface area contributed by atoms with Crippen LogP contribution in [0.3, 0.4) is 0 Å². The number of para-hydroxylation sites is 1. The molecule has 202 valence electrons. The molecule has 39 heavy (non-hydrogen) atoms. The van der Waals surface area contributed by atoms with Crippen LogP contribution in [0.1, 0.15) is 60.4 Å². The molecule has 1 N–H and O–H groups in total. The molecule has 0 saturated heterocycles. The highest BCUT2D eigenvalue weighted by Gasteiger charge is 2.30. The highest BCUT2D eigenvalue weighted by atomic mass is 32.1. The molecule has 0 aliphatic heterocycles. The number of halogens is 3. The molecule has 4 rings (SSSR count). The molecule has 5 nitrogen and oxygen atoms in total. The molecule has 0 unspecified atom stereocenters. The maximum absolute atomic E-state index is 14.2. The molecule has 2 aromatic carbocycles. The van der Waals surface area contributed by atoms with E-state index in [1.165, 1.54) is 34.1 Å². The Morgan fingerprint density at radius 3 is 2.18 bits per heavy atom. The maximum atomic E-state index is 14.2. The number of aromatic nitrogens is 2. The van der Waals surface area contributed by atoms with Crippen molar-refractivity contribution < 1.29 is 23.1 Å². The molecule has 0 aliphatic rings. The largest absolute Gasteiger partial charge is 0.478 e. The van der Waals surface area contributed by atoms with Gasteiger partial charge >= 0.3 is 12.1 Å². The number of hydrogen-bond donors (Lipinski definition) is 1. The first-order valence-corrected chi connectivity index (χ1v) is 13.3. The second-order valence-electron chi connectivity index (χ2n) is 9.27. The fourth-order valence-electron chi connectivity index (χ4n) is 4.46. The van der Waals surface area contributed by atoms with Gasteiger partial charge in [0.2, 0.25) is 0 Å². The van der Waals surface area contributed by atoms with Gasteiger partial charge < -0.3 is 5.11 Å². The van der Waals surface area contributed by atoms with Gasteiger partial charge in [-0.2, -0.15) is 13.2 Å². The lowest BCUT2D eigenvalue weighted by Crippen LogP contribution is -2.27. The Bertz CT molecular complexity index is 1600. The summed E-state index contributed by atoms with van der Waals surface area (Å²) < 4.78 is 40.4. The molecule has 0 aliphatic carbocycles. The van der Waals surface area contributed by atoms with Crippen LogP contribution in [0.15, 0.2) is 64.3 Å². The van der Waals surface area contributed by atoms with Crippen molar-refractivity contribution in [1.82, 2.24) is 9.55 Å². The minimum atomic E-state index is -4.45. The Morgan fingerprint density at radius 2 is 1.67 bits per heavy atom. The van der Waals surface area contributed by atoms with Crippen molar-refractivity contribution in [2.75, 3.05) is 0 Å². The molecule has 2 heterocycles. The van der Waals surface area contributed by atoms with E-state index < -0.39 is 23.3 Å². The molecule has 4 aromatic rings. The summed E-state index contributed by atoms with van der Waals surface area (Å²) in [6.07, 6.45) is -1.50. The standard InChI is InChI=1S/C30H27F3N2O3S/c1-5-18-8-7-9-19(6-2)26(18)35-25(14-17(3)4)23(29(37)38)15-22(28(35)36)24-16-39-27(34-24)20-10-12-21(13-11-20)30(31,32)33/h7-16H,5-6H2,1-4H3,(H,37,38). The highest BCUT2D eigenvalue weighted by Crippen LogP contribution is 2.34. The Labute approximate surface area is 227 Å². The van der Waals surface area contributed by atoms with E-state index in [0.29, 0.717) is 29.1 Å². The summed E-state index contributed by atoms with van der Waals surface area (Å²) in [6, 6.07) is 11.7. The van der Waals surface area contributed by atoms with Crippen LogP contribution in [-0.2, 0) is 19.0 Å². The van der Waals surface area contributed by atoms with E-state index in [9.17, 15) is 27.9 Å². The van der Waals surface area contributed by atoms with Gasteiger partial charge in [-0.1, -0.05) is 49.8 Å². The van der Waals surface area contributed by atoms with Crippen molar-refractivity contribution in [3.05, 3.63) is 97.8 Å². The summed E-state index contributed by atoms with van der Waals surface area (Å²) in [5.41, 5.74) is 3.12. The quantitative estimate of drug-likeness (QED) is 0.253. The molecule has 2 aromatic heterocycles. The molecular formula is C30H27F3N2O3S. The zero-order chi connectivity index (χ0) is 28.5. The van der Waals surface area contributed by atoms with E-state index in [-0.39, 0.29) is 22.5 Å². The lowest BCUT2D eigenvalue weighted by Gasteiger charge is -2.21. The number of carboxylic acids is 1. The van der Waals surface area contributed by atoms with Crippen LogP contribution in [0, 0.1) is 0 Å². The van der Waals surface area contributed by atoms with Gasteiger partial charge in [0.15, 0.2) is 0 Å². The number of allylic oxidation sites excluding steroid dienone is 1. The monoisotopic (exact) mass is 552 g/mol. The van der Waals surface area contributed by atoms with Crippen molar-refractivity contribution in [2.45, 2.75) is 46.7 Å². The highest BCUT2D eigenvalue weighted by molar-refractivity contribution is 7.13. The third kappa shape index (κ3) is 5.59. The van der Waals surface area contributed by atoms with Crippen LogP contribution in [0.2, 0.25) is 0 Å². The average Bonchev–Trinajstić information content (AvgIpc) is 3.38. The summed E-state index contributed by atoms with van der Waals surface area (Å²) >= 11 is 1.17. The summed E-state index contributed by atoms with van der Waals surface area (Å²) in [5, 5.41) is 12.2. The van der Waals surface area contributed by atoms with Crippen LogP contribution in [0.4, 0.5) is 13.2 Å². The van der Waals surface area contributed by atoms with Crippen LogP contribution < -0.4 is 5.56 Å². The van der Waals surface area contributed by atoms with Crippen molar-refractivity contribution in [3.63, 3.8) is 0 Å². The van der Waals surface area contributed by atoms with Crippen LogP contribution >= 0.6 is 11.3 Å². The van der Waals surface area contributed by atoms with E-state index in [0.717, 1.165) is 28.8 Å². The predicted octanol–water partition coefficient (Wildman–Crippen LogP) is 7.89. The normalized spacial score (nSPS) is 11.5. The second-order valence-corrected chi connectivity index (χ2v) is 10.1. The first-order chi connectivity index (χ1) is 18.5. The number of benzene rings is 2. The number of alkyl halides is 3. The number of aryl methyl sites for hydroxylation is 2. The van der Waals surface area contributed by atoms with E-state index in [2.05, 4.69) is 4.98 Å². The molecule has 9 heteroatoms. The lowest BCUT2D eigenvalue weighted by atomic mass is 10.00. The number of carbonyl (C=O) groups is 1. The van der Waals surface area contributed by atoms with E-state index >= 15 is 0 Å². The first-order valence-electron chi connectivity index (χ1n) is 12.4. The second kappa shape index (κ2) is 11.0. The zero-order valence-corrected chi connectivity index (χ0v) is 22.7. The van der Waals surface area contributed by atoms with Crippen LogP contribution in [0.5, 0.6) is 0 Å². The van der Waals surface area contributed by atoms with Gasteiger partial charge in [-0.05, 0) is 62.1 Å². The Morgan fingerprint density at radius 1 is 1.05 bits per heavy atom. The van der Waals surface area contributed by atoms with Gasteiger partial charge in [0.05, 0.1) is 33.8 Å². The van der Waals surface area contributed by atoms with E-state index in [4.69, 9.17) is 0 Å². The topological polar surface area (TPSA) is 72.2 Å². The van der Waals surface area contributed by atoms with Gasteiger partial charge in [0.25, 0.3) is 5.56 Å². The van der Waals surface area contributed by atoms with Crippen LogP contribution in [0.25, 0.3) is 33.6 Å². The number of nitrogens with zero attached hydrogens (tertiary/aromatic N) is 2. The predicted molar refractivity (Wildman–Crippen MR) is 149 cm³/mol. The molecule has 0 saturated carbocycles. The number of rotatable bonds is 7. The third-order valence-corrected chi connectivity index (χ3v) is 7.21. The maximum Gasteiger partial charge on any atom is 0.416 e. The van der Waals surface area contributed by atoms with Gasteiger partial charge in [0.1, 0.15) is 5.01 Å². The Kier molecular flexibility index (Phi) is 7.92. The number of carboxylic acid groups (broad SMARTS) is 1. The van der Waals surface area contributed by atoms with Crippen molar-refractivity contribution in [2.24, 2.45) is 0 Å².